The van der Waals surface area contributed by atoms with Gasteiger partial charge in [0, 0.05) is 18.8 Å². The zero-order valence-corrected chi connectivity index (χ0v) is 15.8. The highest BCUT2D eigenvalue weighted by atomic mass is 16.5. The fraction of sp³-hybridized carbons (Fsp3) is 0.250. The number of aromatic amines is 1. The Morgan fingerprint density at radius 2 is 2.17 bits per heavy atom. The minimum absolute atomic E-state index is 0.214. The van der Waals surface area contributed by atoms with Gasteiger partial charge in [0.05, 0.1) is 30.1 Å². The van der Waals surface area contributed by atoms with Crippen molar-refractivity contribution in [3.8, 4) is 11.1 Å². The Labute approximate surface area is 165 Å². The van der Waals surface area contributed by atoms with E-state index >= 15 is 0 Å². The van der Waals surface area contributed by atoms with Crippen molar-refractivity contribution < 1.29 is 9.26 Å². The molecule has 1 aliphatic heterocycles. The number of ether oxygens (including phenoxy) is 1. The number of allylic oxidation sites excluding steroid dienone is 1. The molecule has 4 aromatic rings. The summed E-state index contributed by atoms with van der Waals surface area (Å²) in [7, 11) is 1.85. The molecule has 0 saturated heterocycles. The van der Waals surface area contributed by atoms with Crippen molar-refractivity contribution in [1.29, 1.82) is 0 Å². The molecule has 0 unspecified atom stereocenters. The van der Waals surface area contributed by atoms with Gasteiger partial charge in [0.1, 0.15) is 5.82 Å². The Balaban J connectivity index is 1.43. The first-order valence-corrected chi connectivity index (χ1v) is 9.33. The van der Waals surface area contributed by atoms with Crippen molar-refractivity contribution in [2.24, 2.45) is 7.05 Å². The van der Waals surface area contributed by atoms with Gasteiger partial charge in [0.2, 0.25) is 11.7 Å². The van der Waals surface area contributed by atoms with Crippen LogP contribution in [0.15, 0.2) is 46.0 Å². The van der Waals surface area contributed by atoms with Gasteiger partial charge in [-0.25, -0.2) is 4.98 Å². The molecule has 0 fully saturated rings. The zero-order chi connectivity index (χ0) is 19.8. The van der Waals surface area contributed by atoms with Crippen molar-refractivity contribution in [1.82, 2.24) is 29.9 Å². The summed E-state index contributed by atoms with van der Waals surface area (Å²) in [6.45, 7) is 0.649. The summed E-state index contributed by atoms with van der Waals surface area (Å²) >= 11 is 0. The highest BCUT2D eigenvalue weighted by Crippen LogP contribution is 2.22. The molecule has 146 valence electrons. The van der Waals surface area contributed by atoms with Crippen LogP contribution in [0.1, 0.15) is 30.4 Å². The van der Waals surface area contributed by atoms with Crippen LogP contribution in [0.25, 0.3) is 27.8 Å². The molecule has 3 aromatic heterocycles. The Morgan fingerprint density at radius 1 is 1.24 bits per heavy atom. The maximum absolute atomic E-state index is 12.6. The lowest BCUT2D eigenvalue weighted by molar-refractivity contribution is 0.254. The molecule has 1 aliphatic rings. The van der Waals surface area contributed by atoms with Gasteiger partial charge in [-0.2, -0.15) is 10.1 Å². The quantitative estimate of drug-likeness (QED) is 0.569. The monoisotopic (exact) mass is 390 g/mol. The van der Waals surface area contributed by atoms with E-state index in [2.05, 4.69) is 25.2 Å². The molecule has 0 amide bonds. The van der Waals surface area contributed by atoms with Crippen molar-refractivity contribution in [2.75, 3.05) is 6.61 Å². The minimum atomic E-state index is -0.214. The largest absolute Gasteiger partial charge is 0.490 e. The minimum Gasteiger partial charge on any atom is -0.490 e. The first-order chi connectivity index (χ1) is 14.2. The van der Waals surface area contributed by atoms with Gasteiger partial charge in [0.15, 0.2) is 5.76 Å². The number of fused-ring (bicyclic) bond motifs is 1. The molecule has 9 nitrogen and oxygen atoms in total. The third-order valence-electron chi connectivity index (χ3n) is 4.74. The van der Waals surface area contributed by atoms with E-state index < -0.39 is 0 Å². The van der Waals surface area contributed by atoms with E-state index in [4.69, 9.17) is 9.26 Å². The molecule has 1 N–H and O–H groups in total. The third kappa shape index (κ3) is 3.42. The van der Waals surface area contributed by atoms with Crippen LogP contribution >= 0.6 is 0 Å². The molecule has 0 atom stereocenters. The van der Waals surface area contributed by atoms with Gasteiger partial charge in [-0.15, -0.1) is 0 Å². The summed E-state index contributed by atoms with van der Waals surface area (Å²) in [4.78, 5) is 24.3. The average molecular weight is 390 g/mol. The predicted molar refractivity (Wildman–Crippen MR) is 105 cm³/mol. The smallest absolute Gasteiger partial charge is 0.258 e. The van der Waals surface area contributed by atoms with Crippen molar-refractivity contribution >= 4 is 16.7 Å². The zero-order valence-electron chi connectivity index (χ0n) is 15.8. The second-order valence-corrected chi connectivity index (χ2v) is 6.89. The molecule has 0 spiro atoms. The van der Waals surface area contributed by atoms with E-state index in [1.807, 2.05) is 37.5 Å². The number of aromatic nitrogens is 6. The van der Waals surface area contributed by atoms with Gasteiger partial charge in [-0.1, -0.05) is 11.2 Å². The fourth-order valence-electron chi connectivity index (χ4n) is 3.30. The SMILES string of the molecule is Cn1cc(-c2ccc3nc(Cc4nc(C5=CCCCO5)no4)[nH]c(=O)c3c2)cn1. The van der Waals surface area contributed by atoms with Crippen molar-refractivity contribution in [2.45, 2.75) is 19.3 Å². The summed E-state index contributed by atoms with van der Waals surface area (Å²) in [5.74, 6) is 1.88. The number of H-pyrrole nitrogens is 1. The third-order valence-corrected chi connectivity index (χ3v) is 4.74. The summed E-state index contributed by atoms with van der Waals surface area (Å²) in [5, 5.41) is 8.65. The number of hydrogen-bond donors (Lipinski definition) is 1. The highest BCUT2D eigenvalue weighted by Gasteiger charge is 2.16. The first kappa shape index (κ1) is 17.4. The van der Waals surface area contributed by atoms with E-state index in [-0.39, 0.29) is 12.0 Å². The lowest BCUT2D eigenvalue weighted by atomic mass is 10.1. The maximum atomic E-state index is 12.6. The molecule has 5 rings (SSSR count). The van der Waals surface area contributed by atoms with Crippen LogP contribution in [0, 0.1) is 0 Å². The van der Waals surface area contributed by atoms with Crippen LogP contribution in [0.5, 0.6) is 0 Å². The number of nitrogens with one attached hydrogen (secondary N) is 1. The van der Waals surface area contributed by atoms with E-state index in [0.717, 1.165) is 24.0 Å². The number of aryl methyl sites for hydroxylation is 1. The molecule has 0 bridgehead atoms. The van der Waals surface area contributed by atoms with Crippen LogP contribution in [0.4, 0.5) is 0 Å². The number of hydrogen-bond acceptors (Lipinski definition) is 7. The summed E-state index contributed by atoms with van der Waals surface area (Å²) in [6, 6.07) is 5.57. The van der Waals surface area contributed by atoms with Crippen LogP contribution in [-0.2, 0) is 18.2 Å². The van der Waals surface area contributed by atoms with E-state index in [0.29, 0.717) is 40.8 Å². The second-order valence-electron chi connectivity index (χ2n) is 6.89. The molecule has 29 heavy (non-hydrogen) atoms. The highest BCUT2D eigenvalue weighted by molar-refractivity contribution is 5.83. The Hall–Kier alpha value is -3.75. The molecular weight excluding hydrogens is 372 g/mol. The summed E-state index contributed by atoms with van der Waals surface area (Å²) < 4.78 is 12.6. The number of rotatable bonds is 4. The molecule has 0 aliphatic carbocycles. The van der Waals surface area contributed by atoms with E-state index in [9.17, 15) is 4.79 Å². The fourth-order valence-corrected chi connectivity index (χ4v) is 3.30. The summed E-state index contributed by atoms with van der Waals surface area (Å²) in [5.41, 5.74) is 2.24. The maximum Gasteiger partial charge on any atom is 0.258 e. The molecule has 1 aromatic carbocycles. The predicted octanol–water partition coefficient (Wildman–Crippen LogP) is 2.45. The Morgan fingerprint density at radius 3 is 2.97 bits per heavy atom. The van der Waals surface area contributed by atoms with Crippen molar-refractivity contribution in [3.05, 3.63) is 64.6 Å². The van der Waals surface area contributed by atoms with Gasteiger partial charge in [-0.3, -0.25) is 9.48 Å². The molecule has 0 radical (unpaired) electrons. The number of nitrogens with zero attached hydrogens (tertiary/aromatic N) is 5. The second kappa shape index (κ2) is 7.01. The van der Waals surface area contributed by atoms with Crippen LogP contribution in [-0.4, -0.2) is 36.5 Å². The van der Waals surface area contributed by atoms with Crippen molar-refractivity contribution in [3.63, 3.8) is 0 Å². The first-order valence-electron chi connectivity index (χ1n) is 9.33. The Kier molecular flexibility index (Phi) is 4.19. The lowest BCUT2D eigenvalue weighted by Crippen LogP contribution is -2.12. The van der Waals surface area contributed by atoms with Gasteiger partial charge in [-0.05, 0) is 36.6 Å². The molecule has 4 heterocycles. The topological polar surface area (TPSA) is 112 Å². The standard InChI is InChI=1S/C20H18N6O3/c1-26-11-13(10-21-26)12-5-6-15-14(8-12)20(27)23-17(22-15)9-18-24-19(25-29-18)16-4-2-3-7-28-16/h4-6,8,10-11H,2-3,7,9H2,1H3,(H,22,23,27). The lowest BCUT2D eigenvalue weighted by Gasteiger charge is -2.10. The van der Waals surface area contributed by atoms with Gasteiger partial charge >= 0.3 is 0 Å². The average Bonchev–Trinajstić information content (AvgIpc) is 3.38. The molecule has 0 saturated carbocycles. The molecular formula is C20H18N6O3. The van der Waals surface area contributed by atoms with Gasteiger partial charge < -0.3 is 14.2 Å². The van der Waals surface area contributed by atoms with Crippen LogP contribution in [0.3, 0.4) is 0 Å². The number of benzene rings is 1. The normalized spacial score (nSPS) is 14.0. The summed E-state index contributed by atoms with van der Waals surface area (Å²) in [6.07, 6.45) is 7.76. The van der Waals surface area contributed by atoms with E-state index in [1.54, 1.807) is 10.9 Å². The van der Waals surface area contributed by atoms with Crippen LogP contribution < -0.4 is 5.56 Å². The molecule has 9 heteroatoms. The van der Waals surface area contributed by atoms with Crippen LogP contribution in [0.2, 0.25) is 0 Å². The van der Waals surface area contributed by atoms with Gasteiger partial charge in [0.25, 0.3) is 5.56 Å². The van der Waals surface area contributed by atoms with E-state index in [1.165, 1.54) is 0 Å². The Bertz CT molecular complexity index is 1280.